The third-order valence-corrected chi connectivity index (χ3v) is 4.69. The summed E-state index contributed by atoms with van der Waals surface area (Å²) >= 11 is 0. The molecule has 0 aromatic carbocycles. The summed E-state index contributed by atoms with van der Waals surface area (Å²) in [6.07, 6.45) is 7.50. The highest BCUT2D eigenvalue weighted by Gasteiger charge is 2.43. The van der Waals surface area contributed by atoms with Gasteiger partial charge in [-0.3, -0.25) is 0 Å². The fourth-order valence-electron chi connectivity index (χ4n) is 3.70. The maximum Gasteiger partial charge on any atom is 0.0833 e. The van der Waals surface area contributed by atoms with Gasteiger partial charge in [-0.25, -0.2) is 0 Å². The van der Waals surface area contributed by atoms with Gasteiger partial charge in [-0.2, -0.15) is 0 Å². The fraction of sp³-hybridized carbons (Fsp3) is 1.00. The molecule has 2 rings (SSSR count). The van der Waals surface area contributed by atoms with E-state index in [1.807, 2.05) is 6.92 Å². The lowest BCUT2D eigenvalue weighted by atomic mass is 9.80. The summed E-state index contributed by atoms with van der Waals surface area (Å²) in [6, 6.07) is 0. The molecule has 18 heavy (non-hydrogen) atoms. The molecule has 1 saturated heterocycles. The van der Waals surface area contributed by atoms with Crippen LogP contribution in [0.15, 0.2) is 0 Å². The first-order chi connectivity index (χ1) is 8.71. The number of rotatable bonds is 5. The maximum absolute atomic E-state index is 10.5. The van der Waals surface area contributed by atoms with Gasteiger partial charge in [0.15, 0.2) is 0 Å². The lowest BCUT2D eigenvalue weighted by molar-refractivity contribution is -0.136. The minimum atomic E-state index is -0.323. The first-order valence-corrected chi connectivity index (χ1v) is 7.64. The minimum absolute atomic E-state index is 0.00319. The molecule has 3 unspecified atom stereocenters. The van der Waals surface area contributed by atoms with Crippen LogP contribution in [-0.2, 0) is 9.47 Å². The first kappa shape index (κ1) is 14.3. The largest absolute Gasteiger partial charge is 0.390 e. The van der Waals surface area contributed by atoms with E-state index in [4.69, 9.17) is 9.47 Å². The van der Waals surface area contributed by atoms with Crippen LogP contribution in [-0.4, -0.2) is 36.1 Å². The molecule has 0 aromatic heterocycles. The Morgan fingerprint density at radius 2 is 2.06 bits per heavy atom. The molecule has 1 aliphatic heterocycles. The molecule has 3 heteroatoms. The molecule has 2 aliphatic rings. The first-order valence-electron chi connectivity index (χ1n) is 7.64. The Hall–Kier alpha value is -0.120. The molecule has 1 saturated carbocycles. The summed E-state index contributed by atoms with van der Waals surface area (Å²) in [4.78, 5) is 0. The SMILES string of the molecule is CCOC(CC)C(O)C1CCOC2(CCCC2)C1. The topological polar surface area (TPSA) is 38.7 Å². The van der Waals surface area contributed by atoms with E-state index in [1.165, 1.54) is 25.7 Å². The number of aliphatic hydroxyl groups excluding tert-OH is 1. The van der Waals surface area contributed by atoms with E-state index in [0.717, 1.165) is 25.9 Å². The Labute approximate surface area is 111 Å². The van der Waals surface area contributed by atoms with Crippen LogP contribution in [0.25, 0.3) is 0 Å². The van der Waals surface area contributed by atoms with Crippen LogP contribution in [0.5, 0.6) is 0 Å². The van der Waals surface area contributed by atoms with E-state index in [1.54, 1.807) is 0 Å². The van der Waals surface area contributed by atoms with Crippen LogP contribution < -0.4 is 0 Å². The summed E-state index contributed by atoms with van der Waals surface area (Å²) in [6.45, 7) is 5.58. The van der Waals surface area contributed by atoms with Crippen molar-refractivity contribution in [3.05, 3.63) is 0 Å². The second-order valence-electron chi connectivity index (χ2n) is 5.88. The molecular formula is C15H28O3. The normalized spacial score (nSPS) is 30.5. The Bertz CT molecular complexity index is 248. The molecule has 1 heterocycles. The zero-order valence-corrected chi connectivity index (χ0v) is 11.9. The van der Waals surface area contributed by atoms with Gasteiger partial charge in [0.25, 0.3) is 0 Å². The Morgan fingerprint density at radius 1 is 1.33 bits per heavy atom. The van der Waals surface area contributed by atoms with Crippen molar-refractivity contribution in [1.29, 1.82) is 0 Å². The van der Waals surface area contributed by atoms with Gasteiger partial charge in [-0.1, -0.05) is 19.8 Å². The zero-order valence-electron chi connectivity index (χ0n) is 11.9. The van der Waals surface area contributed by atoms with Gasteiger partial charge in [-0.05, 0) is 44.9 Å². The molecule has 0 radical (unpaired) electrons. The minimum Gasteiger partial charge on any atom is -0.390 e. The average molecular weight is 256 g/mol. The lowest BCUT2D eigenvalue weighted by Crippen LogP contribution is -2.45. The van der Waals surface area contributed by atoms with Crippen molar-refractivity contribution in [1.82, 2.24) is 0 Å². The van der Waals surface area contributed by atoms with E-state index >= 15 is 0 Å². The highest BCUT2D eigenvalue weighted by atomic mass is 16.5. The highest BCUT2D eigenvalue weighted by Crippen LogP contribution is 2.43. The van der Waals surface area contributed by atoms with E-state index in [-0.39, 0.29) is 17.8 Å². The van der Waals surface area contributed by atoms with Crippen molar-refractivity contribution in [2.45, 2.75) is 76.6 Å². The standard InChI is InChI=1S/C15H28O3/c1-3-13(17-4-2)14(16)12-7-10-18-15(11-12)8-5-6-9-15/h12-14,16H,3-11H2,1-2H3. The second-order valence-corrected chi connectivity index (χ2v) is 5.88. The third-order valence-electron chi connectivity index (χ3n) is 4.69. The average Bonchev–Trinajstić information content (AvgIpc) is 2.83. The Kier molecular flexibility index (Phi) is 5.05. The Balaban J connectivity index is 1.94. The van der Waals surface area contributed by atoms with E-state index < -0.39 is 0 Å². The molecule has 2 fully saturated rings. The summed E-state index contributed by atoms with van der Waals surface area (Å²) in [5.74, 6) is 0.355. The van der Waals surface area contributed by atoms with Crippen LogP contribution >= 0.6 is 0 Å². The van der Waals surface area contributed by atoms with Gasteiger partial charge in [0.1, 0.15) is 0 Å². The summed E-state index contributed by atoms with van der Waals surface area (Å²) in [7, 11) is 0. The van der Waals surface area contributed by atoms with Crippen LogP contribution in [0.1, 0.15) is 58.8 Å². The van der Waals surface area contributed by atoms with Gasteiger partial charge in [-0.15, -0.1) is 0 Å². The van der Waals surface area contributed by atoms with Crippen molar-refractivity contribution < 1.29 is 14.6 Å². The van der Waals surface area contributed by atoms with Crippen LogP contribution in [0.4, 0.5) is 0 Å². The smallest absolute Gasteiger partial charge is 0.0833 e. The third kappa shape index (κ3) is 3.06. The highest BCUT2D eigenvalue weighted by molar-refractivity contribution is 4.94. The number of hydrogen-bond donors (Lipinski definition) is 1. The van der Waals surface area contributed by atoms with Crippen molar-refractivity contribution >= 4 is 0 Å². The predicted octanol–water partition coefficient (Wildman–Crippen LogP) is 2.90. The summed E-state index contributed by atoms with van der Waals surface area (Å²) in [5, 5.41) is 10.5. The quantitative estimate of drug-likeness (QED) is 0.822. The molecule has 1 aliphatic carbocycles. The van der Waals surface area contributed by atoms with E-state index in [9.17, 15) is 5.11 Å². The lowest BCUT2D eigenvalue weighted by Gasteiger charge is -2.41. The van der Waals surface area contributed by atoms with Crippen molar-refractivity contribution in [2.75, 3.05) is 13.2 Å². The van der Waals surface area contributed by atoms with Crippen molar-refractivity contribution in [3.63, 3.8) is 0 Å². The fourth-order valence-corrected chi connectivity index (χ4v) is 3.70. The van der Waals surface area contributed by atoms with Crippen LogP contribution in [0.3, 0.4) is 0 Å². The summed E-state index contributed by atoms with van der Waals surface area (Å²) < 4.78 is 11.7. The maximum atomic E-state index is 10.5. The summed E-state index contributed by atoms with van der Waals surface area (Å²) in [5.41, 5.74) is 0.0917. The van der Waals surface area contributed by atoms with Gasteiger partial charge in [0.2, 0.25) is 0 Å². The molecule has 0 bridgehead atoms. The molecule has 106 valence electrons. The van der Waals surface area contributed by atoms with Crippen LogP contribution in [0.2, 0.25) is 0 Å². The molecular weight excluding hydrogens is 228 g/mol. The molecule has 1 N–H and O–H groups in total. The van der Waals surface area contributed by atoms with Gasteiger partial charge in [0.05, 0.1) is 17.8 Å². The second kappa shape index (κ2) is 6.36. The van der Waals surface area contributed by atoms with Crippen molar-refractivity contribution in [3.8, 4) is 0 Å². The number of hydrogen-bond acceptors (Lipinski definition) is 3. The van der Waals surface area contributed by atoms with E-state index in [0.29, 0.717) is 12.5 Å². The monoisotopic (exact) mass is 256 g/mol. The Morgan fingerprint density at radius 3 is 2.67 bits per heavy atom. The molecule has 0 amide bonds. The number of aliphatic hydroxyl groups is 1. The van der Waals surface area contributed by atoms with Crippen LogP contribution in [0, 0.1) is 5.92 Å². The number of ether oxygens (including phenoxy) is 2. The molecule has 3 nitrogen and oxygen atoms in total. The zero-order chi connectivity index (χ0) is 13.0. The van der Waals surface area contributed by atoms with Gasteiger partial charge < -0.3 is 14.6 Å². The molecule has 1 spiro atoms. The van der Waals surface area contributed by atoms with E-state index in [2.05, 4.69) is 6.92 Å². The van der Waals surface area contributed by atoms with Gasteiger partial charge in [0, 0.05) is 13.2 Å². The molecule has 0 aromatic rings. The molecule has 3 atom stereocenters. The van der Waals surface area contributed by atoms with Crippen molar-refractivity contribution in [2.24, 2.45) is 5.92 Å². The predicted molar refractivity (Wildman–Crippen MR) is 71.6 cm³/mol. The van der Waals surface area contributed by atoms with Gasteiger partial charge >= 0.3 is 0 Å².